The molecule has 14 heavy (non-hydrogen) atoms. The molecule has 0 spiro atoms. The summed E-state index contributed by atoms with van der Waals surface area (Å²) >= 11 is 2.17. The molecule has 0 atom stereocenters. The van der Waals surface area contributed by atoms with Crippen LogP contribution in [-0.4, -0.2) is 11.5 Å². The van der Waals surface area contributed by atoms with Gasteiger partial charge in [-0.2, -0.15) is 11.8 Å². The van der Waals surface area contributed by atoms with Crippen molar-refractivity contribution < 1.29 is 0 Å². The van der Waals surface area contributed by atoms with E-state index in [9.17, 15) is 0 Å². The van der Waals surface area contributed by atoms with Gasteiger partial charge in [-0.3, -0.25) is 0 Å². The molecule has 0 heterocycles. The summed E-state index contributed by atoms with van der Waals surface area (Å²) in [6, 6.07) is 0. The number of hydrogen-bond donors (Lipinski definition) is 0. The van der Waals surface area contributed by atoms with Gasteiger partial charge in [0.15, 0.2) is 0 Å². The lowest BCUT2D eigenvalue weighted by Gasteiger charge is -2.25. The van der Waals surface area contributed by atoms with Crippen LogP contribution in [0.5, 0.6) is 0 Å². The second-order valence-corrected chi connectivity index (χ2v) is 6.11. The highest BCUT2D eigenvalue weighted by molar-refractivity contribution is 7.99. The van der Waals surface area contributed by atoms with Crippen LogP contribution in [0, 0.1) is 11.8 Å². The van der Waals surface area contributed by atoms with Crippen molar-refractivity contribution in [2.24, 2.45) is 11.8 Å². The van der Waals surface area contributed by atoms with E-state index in [-0.39, 0.29) is 0 Å². The molecule has 0 aliphatic heterocycles. The van der Waals surface area contributed by atoms with Gasteiger partial charge in [0.1, 0.15) is 0 Å². The van der Waals surface area contributed by atoms with E-state index in [0.717, 1.165) is 11.8 Å². The van der Waals surface area contributed by atoms with Gasteiger partial charge in [0.25, 0.3) is 0 Å². The molecule has 0 bridgehead atoms. The maximum atomic E-state index is 2.41. The molecule has 0 amide bonds. The fourth-order valence-electron chi connectivity index (χ4n) is 2.22. The smallest absolute Gasteiger partial charge is 0.00649 e. The SMILES string of the molecule is CCCCSCCC1CCC(C)CC1. The summed E-state index contributed by atoms with van der Waals surface area (Å²) in [5, 5.41) is 0. The highest BCUT2D eigenvalue weighted by Gasteiger charge is 2.17. The van der Waals surface area contributed by atoms with Crippen LogP contribution < -0.4 is 0 Å². The van der Waals surface area contributed by atoms with Crippen molar-refractivity contribution in [3.63, 3.8) is 0 Å². The maximum absolute atomic E-state index is 2.41. The lowest BCUT2D eigenvalue weighted by atomic mass is 9.82. The van der Waals surface area contributed by atoms with Crippen LogP contribution in [0.25, 0.3) is 0 Å². The second-order valence-electron chi connectivity index (χ2n) is 4.88. The van der Waals surface area contributed by atoms with E-state index in [0.29, 0.717) is 0 Å². The van der Waals surface area contributed by atoms with Crippen molar-refractivity contribution >= 4 is 11.8 Å². The summed E-state index contributed by atoms with van der Waals surface area (Å²) in [7, 11) is 0. The van der Waals surface area contributed by atoms with Crippen LogP contribution in [0.15, 0.2) is 0 Å². The molecular formula is C13H26S. The third-order valence-electron chi connectivity index (χ3n) is 3.45. The Morgan fingerprint density at radius 2 is 1.79 bits per heavy atom. The molecule has 0 aromatic rings. The van der Waals surface area contributed by atoms with Crippen LogP contribution in [-0.2, 0) is 0 Å². The van der Waals surface area contributed by atoms with Crippen LogP contribution in [0.1, 0.15) is 58.8 Å². The van der Waals surface area contributed by atoms with Crippen LogP contribution in [0.4, 0.5) is 0 Å². The molecule has 1 heteroatoms. The zero-order valence-electron chi connectivity index (χ0n) is 9.93. The standard InChI is InChI=1S/C13H26S/c1-3-4-10-14-11-9-13-7-5-12(2)6-8-13/h12-13H,3-11H2,1-2H3. The fourth-order valence-corrected chi connectivity index (χ4v) is 3.41. The highest BCUT2D eigenvalue weighted by atomic mass is 32.2. The number of thioether (sulfide) groups is 1. The molecule has 84 valence electrons. The molecule has 0 nitrogen and oxygen atoms in total. The molecule has 1 rings (SSSR count). The van der Waals surface area contributed by atoms with Gasteiger partial charge >= 0.3 is 0 Å². The molecule has 0 aromatic heterocycles. The van der Waals surface area contributed by atoms with E-state index >= 15 is 0 Å². The number of unbranched alkanes of at least 4 members (excludes halogenated alkanes) is 1. The summed E-state index contributed by atoms with van der Waals surface area (Å²) < 4.78 is 0. The first kappa shape index (κ1) is 12.4. The average Bonchev–Trinajstić information content (AvgIpc) is 2.21. The largest absolute Gasteiger partial charge is 0.162 e. The van der Waals surface area contributed by atoms with Crippen molar-refractivity contribution in [2.75, 3.05) is 11.5 Å². The molecule has 0 aromatic carbocycles. The first-order chi connectivity index (χ1) is 6.83. The predicted octanol–water partition coefficient (Wildman–Crippen LogP) is 4.74. The van der Waals surface area contributed by atoms with Crippen LogP contribution >= 0.6 is 11.8 Å². The Kier molecular flexibility index (Phi) is 6.76. The Bertz CT molecular complexity index is 125. The van der Waals surface area contributed by atoms with Gasteiger partial charge in [-0.25, -0.2) is 0 Å². The summed E-state index contributed by atoms with van der Waals surface area (Å²) in [6.45, 7) is 4.69. The van der Waals surface area contributed by atoms with Gasteiger partial charge in [-0.15, -0.1) is 0 Å². The highest BCUT2D eigenvalue weighted by Crippen LogP contribution is 2.31. The molecule has 1 fully saturated rings. The van der Waals surface area contributed by atoms with E-state index in [2.05, 4.69) is 25.6 Å². The van der Waals surface area contributed by atoms with Gasteiger partial charge in [-0.1, -0.05) is 46.0 Å². The zero-order chi connectivity index (χ0) is 10.2. The van der Waals surface area contributed by atoms with Crippen molar-refractivity contribution in [1.29, 1.82) is 0 Å². The Hall–Kier alpha value is 0.350. The maximum Gasteiger partial charge on any atom is -0.00649 e. The van der Waals surface area contributed by atoms with Gasteiger partial charge in [0.2, 0.25) is 0 Å². The average molecular weight is 214 g/mol. The first-order valence-corrected chi connectivity index (χ1v) is 7.56. The normalized spacial score (nSPS) is 27.9. The van der Waals surface area contributed by atoms with Gasteiger partial charge in [-0.05, 0) is 36.2 Å². The molecule has 1 saturated carbocycles. The Morgan fingerprint density at radius 1 is 1.07 bits per heavy atom. The third-order valence-corrected chi connectivity index (χ3v) is 4.55. The molecular weight excluding hydrogens is 188 g/mol. The van der Waals surface area contributed by atoms with Crippen LogP contribution in [0.3, 0.4) is 0 Å². The van der Waals surface area contributed by atoms with E-state index in [1.807, 2.05) is 0 Å². The minimum atomic E-state index is 1.01. The predicted molar refractivity (Wildman–Crippen MR) is 68.0 cm³/mol. The Balaban J connectivity index is 1.91. The second kappa shape index (κ2) is 7.62. The summed E-state index contributed by atoms with van der Waals surface area (Å²) in [5.74, 6) is 4.89. The van der Waals surface area contributed by atoms with E-state index in [4.69, 9.17) is 0 Å². The van der Waals surface area contributed by atoms with Gasteiger partial charge in [0, 0.05) is 0 Å². The number of rotatable bonds is 6. The monoisotopic (exact) mass is 214 g/mol. The minimum absolute atomic E-state index is 1.01. The molecule has 1 aliphatic rings. The number of hydrogen-bond acceptors (Lipinski definition) is 1. The first-order valence-electron chi connectivity index (χ1n) is 6.40. The van der Waals surface area contributed by atoms with Gasteiger partial charge < -0.3 is 0 Å². The Labute approximate surface area is 94.2 Å². The van der Waals surface area contributed by atoms with Crippen molar-refractivity contribution in [3.05, 3.63) is 0 Å². The Morgan fingerprint density at radius 3 is 2.43 bits per heavy atom. The summed E-state index contributed by atoms with van der Waals surface area (Å²) in [4.78, 5) is 0. The quantitative estimate of drug-likeness (QED) is 0.576. The van der Waals surface area contributed by atoms with E-state index in [1.165, 1.54) is 56.5 Å². The van der Waals surface area contributed by atoms with Crippen molar-refractivity contribution in [1.82, 2.24) is 0 Å². The summed E-state index contributed by atoms with van der Waals surface area (Å²) in [6.07, 6.45) is 10.3. The molecule has 0 unspecified atom stereocenters. The topological polar surface area (TPSA) is 0 Å². The zero-order valence-corrected chi connectivity index (χ0v) is 10.7. The molecule has 0 radical (unpaired) electrons. The van der Waals surface area contributed by atoms with E-state index in [1.54, 1.807) is 0 Å². The third kappa shape index (κ3) is 5.29. The fraction of sp³-hybridized carbons (Fsp3) is 1.00. The van der Waals surface area contributed by atoms with Crippen LogP contribution in [0.2, 0.25) is 0 Å². The van der Waals surface area contributed by atoms with Crippen molar-refractivity contribution in [2.45, 2.75) is 58.8 Å². The van der Waals surface area contributed by atoms with E-state index < -0.39 is 0 Å². The minimum Gasteiger partial charge on any atom is -0.162 e. The lowest BCUT2D eigenvalue weighted by Crippen LogP contribution is -2.12. The van der Waals surface area contributed by atoms with Crippen molar-refractivity contribution in [3.8, 4) is 0 Å². The molecule has 1 aliphatic carbocycles. The molecule has 0 saturated heterocycles. The molecule has 0 N–H and O–H groups in total. The lowest BCUT2D eigenvalue weighted by molar-refractivity contribution is 0.285. The summed E-state index contributed by atoms with van der Waals surface area (Å²) in [5.41, 5.74) is 0. The van der Waals surface area contributed by atoms with Gasteiger partial charge in [0.05, 0.1) is 0 Å².